The van der Waals surface area contributed by atoms with Gasteiger partial charge in [-0.2, -0.15) is 0 Å². The Morgan fingerprint density at radius 2 is 1.11 bits per heavy atom. The molecule has 3 rings (SSSR count). The van der Waals surface area contributed by atoms with Gasteiger partial charge < -0.3 is 31.6 Å². The molecule has 3 aromatic rings. The SMILES string of the molecule is CC(C)(C)OC(=O)N(CCNC(=O)c1ccc(C(=O)NCCN(C(=O)OC(C)(C)C)c2ccc(N)cn2)nc1)c1ccc(N)cn1. The summed E-state index contributed by atoms with van der Waals surface area (Å²) in [7, 11) is 0. The maximum atomic E-state index is 12.8. The molecule has 15 nitrogen and oxygen atoms in total. The summed E-state index contributed by atoms with van der Waals surface area (Å²) >= 11 is 0. The zero-order chi connectivity index (χ0) is 34.1. The lowest BCUT2D eigenvalue weighted by molar-refractivity contribution is 0.0568. The van der Waals surface area contributed by atoms with E-state index in [2.05, 4.69) is 25.6 Å². The molecule has 0 aliphatic heterocycles. The van der Waals surface area contributed by atoms with Crippen molar-refractivity contribution < 1.29 is 28.7 Å². The van der Waals surface area contributed by atoms with Gasteiger partial charge in [0.25, 0.3) is 11.8 Å². The van der Waals surface area contributed by atoms with Gasteiger partial charge in [0, 0.05) is 32.4 Å². The number of nitrogens with two attached hydrogens (primary N) is 2. The summed E-state index contributed by atoms with van der Waals surface area (Å²) < 4.78 is 11.0. The highest BCUT2D eigenvalue weighted by Gasteiger charge is 2.26. The topological polar surface area (TPSA) is 208 Å². The van der Waals surface area contributed by atoms with Gasteiger partial charge in [-0.3, -0.25) is 24.4 Å². The number of anilines is 4. The summed E-state index contributed by atoms with van der Waals surface area (Å²) in [6.07, 6.45) is 2.84. The first-order valence-corrected chi connectivity index (χ1v) is 14.5. The Kier molecular flexibility index (Phi) is 11.4. The van der Waals surface area contributed by atoms with Gasteiger partial charge in [-0.25, -0.2) is 19.6 Å². The number of pyridine rings is 3. The minimum atomic E-state index is -0.740. The molecule has 246 valence electrons. The van der Waals surface area contributed by atoms with Crippen molar-refractivity contribution in [3.05, 3.63) is 66.2 Å². The van der Waals surface area contributed by atoms with Crippen molar-refractivity contribution in [2.75, 3.05) is 47.4 Å². The van der Waals surface area contributed by atoms with Crippen molar-refractivity contribution in [2.45, 2.75) is 52.7 Å². The van der Waals surface area contributed by atoms with Gasteiger partial charge in [0.15, 0.2) is 0 Å². The van der Waals surface area contributed by atoms with E-state index < -0.39 is 35.2 Å². The smallest absolute Gasteiger partial charge is 0.416 e. The molecule has 0 aliphatic rings. The van der Waals surface area contributed by atoms with Gasteiger partial charge >= 0.3 is 12.2 Å². The summed E-state index contributed by atoms with van der Waals surface area (Å²) in [6, 6.07) is 9.23. The van der Waals surface area contributed by atoms with E-state index in [9.17, 15) is 19.2 Å². The number of carbonyl (C=O) groups excluding carboxylic acids is 4. The van der Waals surface area contributed by atoms with Crippen LogP contribution in [0.3, 0.4) is 0 Å². The van der Waals surface area contributed by atoms with Crippen molar-refractivity contribution in [3.8, 4) is 0 Å². The number of nitrogens with one attached hydrogen (secondary N) is 2. The maximum Gasteiger partial charge on any atom is 0.416 e. The minimum Gasteiger partial charge on any atom is -0.443 e. The Balaban J connectivity index is 1.57. The number of nitrogens with zero attached hydrogens (tertiary/aromatic N) is 5. The van der Waals surface area contributed by atoms with Gasteiger partial charge in [0.2, 0.25) is 0 Å². The molecular weight excluding hydrogens is 594 g/mol. The monoisotopic (exact) mass is 635 g/mol. The third kappa shape index (κ3) is 10.9. The number of nitrogen functional groups attached to an aromatic ring is 2. The Labute approximate surface area is 267 Å². The molecule has 3 heterocycles. The summed E-state index contributed by atoms with van der Waals surface area (Å²) in [4.78, 5) is 66.2. The van der Waals surface area contributed by atoms with Crippen LogP contribution in [0, 0.1) is 0 Å². The van der Waals surface area contributed by atoms with Crippen LogP contribution in [0.2, 0.25) is 0 Å². The van der Waals surface area contributed by atoms with E-state index in [4.69, 9.17) is 20.9 Å². The molecule has 4 amide bonds. The second-order valence-electron chi connectivity index (χ2n) is 12.1. The molecule has 0 aromatic carbocycles. The quantitative estimate of drug-likeness (QED) is 0.254. The van der Waals surface area contributed by atoms with Crippen LogP contribution in [0.25, 0.3) is 0 Å². The highest BCUT2D eigenvalue weighted by molar-refractivity contribution is 5.96. The third-order valence-electron chi connectivity index (χ3n) is 5.82. The van der Waals surface area contributed by atoms with Gasteiger partial charge in [0.1, 0.15) is 28.5 Å². The zero-order valence-electron chi connectivity index (χ0n) is 26.9. The average Bonchev–Trinajstić information content (AvgIpc) is 2.97. The largest absolute Gasteiger partial charge is 0.443 e. The summed E-state index contributed by atoms with van der Waals surface area (Å²) in [5.41, 5.74) is 11.1. The normalized spacial score (nSPS) is 11.3. The lowest BCUT2D eigenvalue weighted by Crippen LogP contribution is -2.42. The lowest BCUT2D eigenvalue weighted by atomic mass is 10.2. The number of aromatic nitrogens is 3. The first kappa shape index (κ1) is 35.0. The zero-order valence-corrected chi connectivity index (χ0v) is 26.9. The summed E-state index contributed by atoms with van der Waals surface area (Å²) in [5, 5.41) is 5.43. The number of ether oxygens (including phenoxy) is 2. The van der Waals surface area contributed by atoms with E-state index in [1.54, 1.807) is 65.8 Å². The van der Waals surface area contributed by atoms with Crippen LogP contribution in [-0.4, -0.2) is 76.3 Å². The van der Waals surface area contributed by atoms with Crippen molar-refractivity contribution in [2.24, 2.45) is 0 Å². The lowest BCUT2D eigenvalue weighted by Gasteiger charge is -2.27. The molecule has 0 unspecified atom stereocenters. The highest BCUT2D eigenvalue weighted by atomic mass is 16.6. The Morgan fingerprint density at radius 3 is 1.48 bits per heavy atom. The van der Waals surface area contributed by atoms with Gasteiger partial charge in [-0.15, -0.1) is 0 Å². The van der Waals surface area contributed by atoms with Crippen molar-refractivity contribution in [3.63, 3.8) is 0 Å². The number of hydrogen-bond donors (Lipinski definition) is 4. The second kappa shape index (κ2) is 15.0. The number of carbonyl (C=O) groups is 4. The highest BCUT2D eigenvalue weighted by Crippen LogP contribution is 2.18. The van der Waals surface area contributed by atoms with E-state index >= 15 is 0 Å². The Morgan fingerprint density at radius 1 is 0.652 bits per heavy atom. The predicted octanol–water partition coefficient (Wildman–Crippen LogP) is 3.38. The molecule has 0 spiro atoms. The van der Waals surface area contributed by atoms with E-state index in [1.165, 1.54) is 40.5 Å². The van der Waals surface area contributed by atoms with Crippen LogP contribution in [-0.2, 0) is 9.47 Å². The molecule has 0 aliphatic carbocycles. The fraction of sp³-hybridized carbons (Fsp3) is 0.387. The third-order valence-corrected chi connectivity index (χ3v) is 5.82. The van der Waals surface area contributed by atoms with Crippen molar-refractivity contribution >= 4 is 47.0 Å². The molecule has 0 radical (unpaired) electrons. The van der Waals surface area contributed by atoms with E-state index in [-0.39, 0.29) is 37.4 Å². The minimum absolute atomic E-state index is 0.0598. The fourth-order valence-electron chi connectivity index (χ4n) is 3.76. The standard InChI is InChI=1S/C31H41N9O6/c1-30(2,3)45-28(43)39(24-11-8-21(32)18-37-24)15-13-34-26(41)20-7-10-23(36-17-20)27(42)35-14-16-40(29(44)46-31(4,5)6)25-12-9-22(33)19-38-25/h7-12,17-19H,13-16,32-33H2,1-6H3,(H,34,41)(H,35,42). The molecule has 0 fully saturated rings. The molecule has 0 saturated heterocycles. The molecule has 15 heteroatoms. The Hall–Kier alpha value is -5.47. The van der Waals surface area contributed by atoms with E-state index in [0.29, 0.717) is 23.0 Å². The van der Waals surface area contributed by atoms with Crippen LogP contribution in [0.5, 0.6) is 0 Å². The van der Waals surface area contributed by atoms with E-state index in [0.717, 1.165) is 0 Å². The number of hydrogen-bond acceptors (Lipinski definition) is 11. The van der Waals surface area contributed by atoms with Gasteiger partial charge in [-0.05, 0) is 77.9 Å². The predicted molar refractivity (Wildman–Crippen MR) is 173 cm³/mol. The fourth-order valence-corrected chi connectivity index (χ4v) is 3.76. The number of amides is 4. The molecule has 46 heavy (non-hydrogen) atoms. The van der Waals surface area contributed by atoms with E-state index in [1.807, 2.05) is 0 Å². The van der Waals surface area contributed by atoms with Crippen molar-refractivity contribution in [1.82, 2.24) is 25.6 Å². The van der Waals surface area contributed by atoms with Gasteiger partial charge in [0.05, 0.1) is 29.3 Å². The molecule has 0 bridgehead atoms. The molecule has 6 N–H and O–H groups in total. The van der Waals surface area contributed by atoms with Crippen LogP contribution in [0.15, 0.2) is 55.0 Å². The van der Waals surface area contributed by atoms with Crippen LogP contribution >= 0.6 is 0 Å². The van der Waals surface area contributed by atoms with Crippen LogP contribution in [0.1, 0.15) is 62.4 Å². The average molecular weight is 636 g/mol. The Bertz CT molecular complexity index is 1390. The van der Waals surface area contributed by atoms with Crippen molar-refractivity contribution in [1.29, 1.82) is 0 Å². The van der Waals surface area contributed by atoms with Crippen LogP contribution in [0.4, 0.5) is 32.6 Å². The van der Waals surface area contributed by atoms with Crippen LogP contribution < -0.4 is 31.9 Å². The number of rotatable bonds is 10. The summed E-state index contributed by atoms with van der Waals surface area (Å²) in [5.74, 6) is -0.345. The molecular formula is C31H41N9O6. The second-order valence-corrected chi connectivity index (χ2v) is 12.1. The van der Waals surface area contributed by atoms with Gasteiger partial charge in [-0.1, -0.05) is 0 Å². The maximum absolute atomic E-state index is 12.8. The first-order chi connectivity index (χ1) is 21.5. The summed E-state index contributed by atoms with van der Waals surface area (Å²) in [6.45, 7) is 10.7. The molecule has 3 aromatic heterocycles. The molecule has 0 atom stereocenters. The molecule has 0 saturated carbocycles. The first-order valence-electron chi connectivity index (χ1n) is 14.5.